The molecule has 25 heavy (non-hydrogen) atoms. The summed E-state index contributed by atoms with van der Waals surface area (Å²) in [6.07, 6.45) is 0. The lowest BCUT2D eigenvalue weighted by Gasteiger charge is -2.18. The number of benzene rings is 3. The summed E-state index contributed by atoms with van der Waals surface area (Å²) < 4.78 is 0. The van der Waals surface area contributed by atoms with Crippen molar-refractivity contribution < 1.29 is 9.59 Å². The third-order valence-corrected chi connectivity index (χ3v) is 4.72. The van der Waals surface area contributed by atoms with Crippen LogP contribution in [0.2, 0.25) is 0 Å². The van der Waals surface area contributed by atoms with E-state index in [1.54, 1.807) is 24.3 Å². The van der Waals surface area contributed by atoms with Crippen LogP contribution in [-0.4, -0.2) is 11.8 Å². The van der Waals surface area contributed by atoms with Crippen molar-refractivity contribution in [1.29, 1.82) is 0 Å². The predicted molar refractivity (Wildman–Crippen MR) is 98.0 cm³/mol. The first-order valence-corrected chi connectivity index (χ1v) is 8.29. The second-order valence-corrected chi connectivity index (χ2v) is 6.22. The molecule has 3 aromatic rings. The molecule has 122 valence electrons. The fraction of sp³-hybridized carbons (Fsp3) is 0.0909. The number of anilines is 1. The molecule has 0 saturated heterocycles. The molecule has 0 aromatic heterocycles. The number of hydrogen-bond donors (Lipinski definition) is 0. The number of hydrogen-bond acceptors (Lipinski definition) is 2. The largest absolute Gasteiger partial charge is 0.268 e. The van der Waals surface area contributed by atoms with Crippen LogP contribution >= 0.6 is 0 Å². The van der Waals surface area contributed by atoms with Gasteiger partial charge in [-0.3, -0.25) is 9.59 Å². The highest BCUT2D eigenvalue weighted by molar-refractivity contribution is 6.34. The van der Waals surface area contributed by atoms with Gasteiger partial charge in [-0.25, -0.2) is 4.90 Å². The van der Waals surface area contributed by atoms with Crippen molar-refractivity contribution in [1.82, 2.24) is 0 Å². The number of carbonyl (C=O) groups is 2. The van der Waals surface area contributed by atoms with E-state index in [0.717, 1.165) is 5.56 Å². The molecular formula is C22H17NO2. The van der Waals surface area contributed by atoms with Gasteiger partial charge in [-0.1, -0.05) is 61.5 Å². The molecule has 3 nitrogen and oxygen atoms in total. The van der Waals surface area contributed by atoms with Crippen molar-refractivity contribution in [3.8, 4) is 0 Å². The van der Waals surface area contributed by atoms with Gasteiger partial charge in [0.2, 0.25) is 0 Å². The van der Waals surface area contributed by atoms with Crippen LogP contribution < -0.4 is 4.90 Å². The van der Waals surface area contributed by atoms with Crippen LogP contribution in [0.5, 0.6) is 0 Å². The minimum atomic E-state index is -0.259. The Morgan fingerprint density at radius 2 is 1.24 bits per heavy atom. The molecule has 0 N–H and O–H groups in total. The molecule has 0 spiro atoms. The number of rotatable bonds is 3. The van der Waals surface area contributed by atoms with Gasteiger partial charge in [0.15, 0.2) is 0 Å². The van der Waals surface area contributed by atoms with Crippen LogP contribution in [0.1, 0.15) is 44.7 Å². The van der Waals surface area contributed by atoms with Gasteiger partial charge >= 0.3 is 0 Å². The Labute approximate surface area is 146 Å². The zero-order chi connectivity index (χ0) is 17.4. The van der Waals surface area contributed by atoms with Gasteiger partial charge in [0.05, 0.1) is 16.8 Å². The highest BCUT2D eigenvalue weighted by Crippen LogP contribution is 2.31. The highest BCUT2D eigenvalue weighted by Gasteiger charge is 2.36. The Bertz CT molecular complexity index is 928. The van der Waals surface area contributed by atoms with Gasteiger partial charge in [0, 0.05) is 5.92 Å². The van der Waals surface area contributed by atoms with E-state index in [4.69, 9.17) is 0 Å². The minimum absolute atomic E-state index is 0.177. The zero-order valence-corrected chi connectivity index (χ0v) is 13.8. The molecule has 1 aliphatic heterocycles. The SMILES string of the molecule is CC(c1ccccc1)c1cccc(N2C(=O)c3ccccc3C2=O)c1. The van der Waals surface area contributed by atoms with Crippen molar-refractivity contribution >= 4 is 17.5 Å². The molecule has 1 unspecified atom stereocenters. The fourth-order valence-corrected chi connectivity index (χ4v) is 3.29. The van der Waals surface area contributed by atoms with E-state index in [-0.39, 0.29) is 17.7 Å². The summed E-state index contributed by atoms with van der Waals surface area (Å²) in [5, 5.41) is 0. The lowest BCUT2D eigenvalue weighted by molar-refractivity contribution is 0.0926. The average Bonchev–Trinajstić information content (AvgIpc) is 2.93. The van der Waals surface area contributed by atoms with Crippen molar-refractivity contribution in [3.63, 3.8) is 0 Å². The normalized spacial score (nSPS) is 14.5. The van der Waals surface area contributed by atoms with Crippen LogP contribution in [-0.2, 0) is 0 Å². The topological polar surface area (TPSA) is 37.4 Å². The average molecular weight is 327 g/mol. The number of carbonyl (C=O) groups excluding carboxylic acids is 2. The summed E-state index contributed by atoms with van der Waals surface area (Å²) in [5.41, 5.74) is 3.82. The maximum absolute atomic E-state index is 12.7. The Morgan fingerprint density at radius 3 is 1.88 bits per heavy atom. The second kappa shape index (κ2) is 6.02. The number of nitrogens with zero attached hydrogens (tertiary/aromatic N) is 1. The van der Waals surface area contributed by atoms with E-state index in [1.165, 1.54) is 10.5 Å². The van der Waals surface area contributed by atoms with Crippen molar-refractivity contribution in [2.45, 2.75) is 12.8 Å². The van der Waals surface area contributed by atoms with Gasteiger partial charge in [0.1, 0.15) is 0 Å². The monoisotopic (exact) mass is 327 g/mol. The molecule has 3 aromatic carbocycles. The third kappa shape index (κ3) is 2.54. The molecule has 0 fully saturated rings. The smallest absolute Gasteiger partial charge is 0.266 e. The Morgan fingerprint density at radius 1 is 0.680 bits per heavy atom. The lowest BCUT2D eigenvalue weighted by atomic mass is 9.93. The molecule has 0 saturated carbocycles. The van der Waals surface area contributed by atoms with Crippen molar-refractivity contribution in [3.05, 3.63) is 101 Å². The summed E-state index contributed by atoms with van der Waals surface area (Å²) in [4.78, 5) is 26.6. The molecule has 3 heteroatoms. The van der Waals surface area contributed by atoms with Gasteiger partial charge in [-0.15, -0.1) is 0 Å². The summed E-state index contributed by atoms with van der Waals surface area (Å²) in [6, 6.07) is 24.8. The second-order valence-electron chi connectivity index (χ2n) is 6.22. The lowest BCUT2D eigenvalue weighted by Crippen LogP contribution is -2.29. The maximum Gasteiger partial charge on any atom is 0.266 e. The molecule has 1 aliphatic rings. The number of amides is 2. The molecule has 2 amide bonds. The third-order valence-electron chi connectivity index (χ3n) is 4.72. The zero-order valence-electron chi connectivity index (χ0n) is 13.8. The predicted octanol–water partition coefficient (Wildman–Crippen LogP) is 4.64. The van der Waals surface area contributed by atoms with E-state index in [9.17, 15) is 9.59 Å². The first-order valence-electron chi connectivity index (χ1n) is 8.29. The van der Waals surface area contributed by atoms with E-state index >= 15 is 0 Å². The molecule has 0 aliphatic carbocycles. The van der Waals surface area contributed by atoms with Crippen LogP contribution in [0.4, 0.5) is 5.69 Å². The van der Waals surface area contributed by atoms with Gasteiger partial charge in [0.25, 0.3) is 11.8 Å². The molecule has 0 bridgehead atoms. The summed E-state index contributed by atoms with van der Waals surface area (Å²) in [6.45, 7) is 2.12. The summed E-state index contributed by atoms with van der Waals surface area (Å²) >= 11 is 0. The first-order chi connectivity index (χ1) is 12.2. The molecular weight excluding hydrogens is 310 g/mol. The van der Waals surface area contributed by atoms with Crippen LogP contribution in [0.25, 0.3) is 0 Å². The molecule has 1 atom stereocenters. The van der Waals surface area contributed by atoms with Gasteiger partial charge in [-0.05, 0) is 35.4 Å². The van der Waals surface area contributed by atoms with Crippen molar-refractivity contribution in [2.24, 2.45) is 0 Å². The van der Waals surface area contributed by atoms with E-state index in [1.807, 2.05) is 42.5 Å². The van der Waals surface area contributed by atoms with Crippen LogP contribution in [0, 0.1) is 0 Å². The quantitative estimate of drug-likeness (QED) is 0.657. The van der Waals surface area contributed by atoms with Crippen LogP contribution in [0.15, 0.2) is 78.9 Å². The minimum Gasteiger partial charge on any atom is -0.268 e. The molecule has 0 radical (unpaired) electrons. The van der Waals surface area contributed by atoms with Gasteiger partial charge < -0.3 is 0 Å². The maximum atomic E-state index is 12.7. The highest BCUT2D eigenvalue weighted by atomic mass is 16.2. The van der Waals surface area contributed by atoms with E-state index in [2.05, 4.69) is 19.1 Å². The van der Waals surface area contributed by atoms with E-state index in [0.29, 0.717) is 16.8 Å². The first kappa shape index (κ1) is 15.3. The Hall–Kier alpha value is -3.20. The standard InChI is InChI=1S/C22H17NO2/c1-15(16-8-3-2-4-9-16)17-10-7-11-18(14-17)23-21(24)19-12-5-6-13-20(19)22(23)25/h2-15H,1H3. The van der Waals surface area contributed by atoms with Crippen LogP contribution in [0.3, 0.4) is 0 Å². The Kier molecular flexibility index (Phi) is 3.69. The number of imide groups is 1. The summed E-state index contributed by atoms with van der Waals surface area (Å²) in [7, 11) is 0. The van der Waals surface area contributed by atoms with Crippen molar-refractivity contribution in [2.75, 3.05) is 4.90 Å². The summed E-state index contributed by atoms with van der Waals surface area (Å²) in [5.74, 6) is -0.341. The fourth-order valence-electron chi connectivity index (χ4n) is 3.29. The van der Waals surface area contributed by atoms with Gasteiger partial charge in [-0.2, -0.15) is 0 Å². The molecule has 1 heterocycles. The van der Waals surface area contributed by atoms with E-state index < -0.39 is 0 Å². The molecule has 4 rings (SSSR count). The Balaban J connectivity index is 1.72. The number of fused-ring (bicyclic) bond motifs is 1.